The minimum absolute atomic E-state index is 0.254. The molecule has 1 aliphatic rings. The molecule has 124 valence electrons. The molecule has 2 rings (SSSR count). The molecule has 1 aromatic rings. The summed E-state index contributed by atoms with van der Waals surface area (Å²) in [6, 6.07) is 6.79. The van der Waals surface area contributed by atoms with Crippen LogP contribution in [0.25, 0.3) is 0 Å². The second kappa shape index (κ2) is 6.86. The second-order valence-corrected chi connectivity index (χ2v) is 7.56. The van der Waals surface area contributed by atoms with Gasteiger partial charge in [-0.2, -0.15) is 0 Å². The van der Waals surface area contributed by atoms with Gasteiger partial charge in [-0.25, -0.2) is 4.79 Å². The van der Waals surface area contributed by atoms with Crippen LogP contribution in [0.5, 0.6) is 0 Å². The van der Waals surface area contributed by atoms with Crippen molar-refractivity contribution < 1.29 is 14.4 Å². The van der Waals surface area contributed by atoms with Gasteiger partial charge in [0, 0.05) is 9.26 Å². The van der Waals surface area contributed by atoms with Crippen LogP contribution in [0.4, 0.5) is 10.5 Å². The molecule has 1 aliphatic heterocycles. The number of rotatable bonds is 5. The number of hydrogen-bond acceptors (Lipinski definition) is 3. The summed E-state index contributed by atoms with van der Waals surface area (Å²) in [4.78, 5) is 37.6. The topological polar surface area (TPSA) is 78.5 Å². The number of anilines is 1. The zero-order valence-electron chi connectivity index (χ0n) is 13.4. The third-order valence-corrected chi connectivity index (χ3v) is 4.24. The molecule has 23 heavy (non-hydrogen) atoms. The molecular formula is C16H20IN3O3. The Bertz CT molecular complexity index is 647. The molecule has 1 heterocycles. The zero-order chi connectivity index (χ0) is 17.2. The average molecular weight is 429 g/mol. The van der Waals surface area contributed by atoms with Gasteiger partial charge in [0.05, 0.1) is 0 Å². The maximum absolute atomic E-state index is 12.5. The minimum atomic E-state index is -0.937. The number of nitrogens with zero attached hydrogens (tertiary/aromatic N) is 1. The fraction of sp³-hybridized carbons (Fsp3) is 0.438. The van der Waals surface area contributed by atoms with E-state index >= 15 is 0 Å². The summed E-state index contributed by atoms with van der Waals surface area (Å²) >= 11 is 2.14. The number of halogens is 1. The van der Waals surface area contributed by atoms with Crippen molar-refractivity contribution in [3.8, 4) is 0 Å². The Balaban J connectivity index is 2.03. The molecule has 1 aromatic carbocycles. The van der Waals surface area contributed by atoms with Crippen LogP contribution in [0.15, 0.2) is 24.3 Å². The lowest BCUT2D eigenvalue weighted by molar-refractivity contribution is -0.133. The van der Waals surface area contributed by atoms with Crippen LogP contribution in [0.2, 0.25) is 0 Å². The number of imide groups is 1. The van der Waals surface area contributed by atoms with Crippen LogP contribution in [-0.4, -0.2) is 34.8 Å². The highest BCUT2D eigenvalue weighted by atomic mass is 127. The van der Waals surface area contributed by atoms with E-state index in [1.165, 1.54) is 0 Å². The maximum atomic E-state index is 12.5. The van der Waals surface area contributed by atoms with Crippen molar-refractivity contribution in [1.82, 2.24) is 10.2 Å². The van der Waals surface area contributed by atoms with Crippen LogP contribution >= 0.6 is 22.6 Å². The smallest absolute Gasteiger partial charge is 0.324 e. The number of urea groups is 1. The number of nitrogens with one attached hydrogen (secondary N) is 2. The van der Waals surface area contributed by atoms with Gasteiger partial charge < -0.3 is 10.6 Å². The van der Waals surface area contributed by atoms with E-state index in [1.807, 2.05) is 32.0 Å². The molecular weight excluding hydrogens is 409 g/mol. The molecule has 0 saturated carbocycles. The SMILES string of the molecule is CC(C)CC1(C)NC(=O)N(CC(=O)Nc2cccc(I)c2)C1=O. The highest BCUT2D eigenvalue weighted by Gasteiger charge is 2.48. The molecule has 1 atom stereocenters. The van der Waals surface area contributed by atoms with Gasteiger partial charge in [-0.1, -0.05) is 19.9 Å². The van der Waals surface area contributed by atoms with Gasteiger partial charge in [0.15, 0.2) is 0 Å². The van der Waals surface area contributed by atoms with E-state index in [2.05, 4.69) is 33.2 Å². The van der Waals surface area contributed by atoms with Gasteiger partial charge in [-0.05, 0) is 60.1 Å². The van der Waals surface area contributed by atoms with Gasteiger partial charge in [-0.15, -0.1) is 0 Å². The summed E-state index contributed by atoms with van der Waals surface area (Å²) in [6.07, 6.45) is 0.534. The normalized spacial score (nSPS) is 20.8. The van der Waals surface area contributed by atoms with Crippen LogP contribution in [0.1, 0.15) is 27.2 Å². The molecule has 0 spiro atoms. The van der Waals surface area contributed by atoms with Crippen LogP contribution < -0.4 is 10.6 Å². The van der Waals surface area contributed by atoms with Crippen molar-refractivity contribution in [1.29, 1.82) is 0 Å². The van der Waals surface area contributed by atoms with Crippen molar-refractivity contribution >= 4 is 46.1 Å². The lowest BCUT2D eigenvalue weighted by Crippen LogP contribution is -2.45. The second-order valence-electron chi connectivity index (χ2n) is 6.31. The Morgan fingerprint density at radius 1 is 1.39 bits per heavy atom. The molecule has 7 heteroatoms. The van der Waals surface area contributed by atoms with Crippen molar-refractivity contribution in [2.24, 2.45) is 5.92 Å². The van der Waals surface area contributed by atoms with Gasteiger partial charge in [0.2, 0.25) is 5.91 Å². The molecule has 0 radical (unpaired) electrons. The average Bonchev–Trinajstić information content (AvgIpc) is 2.61. The Morgan fingerprint density at radius 3 is 2.70 bits per heavy atom. The van der Waals surface area contributed by atoms with Crippen LogP contribution in [0, 0.1) is 9.49 Å². The monoisotopic (exact) mass is 429 g/mol. The lowest BCUT2D eigenvalue weighted by Gasteiger charge is -2.23. The molecule has 4 amide bonds. The van der Waals surface area contributed by atoms with Gasteiger partial charge in [0.1, 0.15) is 12.1 Å². The number of amides is 4. The first-order valence-corrected chi connectivity index (χ1v) is 8.48. The van der Waals surface area contributed by atoms with Crippen molar-refractivity contribution in [3.05, 3.63) is 27.8 Å². The van der Waals surface area contributed by atoms with Gasteiger partial charge in [-0.3, -0.25) is 14.5 Å². The number of carbonyl (C=O) groups is 3. The van der Waals surface area contributed by atoms with Crippen LogP contribution in [0.3, 0.4) is 0 Å². The summed E-state index contributed by atoms with van der Waals surface area (Å²) in [7, 11) is 0. The minimum Gasteiger partial charge on any atom is -0.324 e. The Hall–Kier alpha value is -1.64. The predicted molar refractivity (Wildman–Crippen MR) is 95.9 cm³/mol. The highest BCUT2D eigenvalue weighted by Crippen LogP contribution is 2.24. The Morgan fingerprint density at radius 2 is 2.09 bits per heavy atom. The number of hydrogen-bond donors (Lipinski definition) is 2. The predicted octanol–water partition coefficient (Wildman–Crippen LogP) is 2.59. The largest absolute Gasteiger partial charge is 0.325 e. The Kier molecular flexibility index (Phi) is 5.28. The summed E-state index contributed by atoms with van der Waals surface area (Å²) in [5, 5.41) is 5.40. The first-order chi connectivity index (χ1) is 10.7. The molecule has 2 N–H and O–H groups in total. The summed E-state index contributed by atoms with van der Waals surface area (Å²) in [6.45, 7) is 5.38. The highest BCUT2D eigenvalue weighted by molar-refractivity contribution is 14.1. The van der Waals surface area contributed by atoms with E-state index in [4.69, 9.17) is 0 Å². The van der Waals surface area contributed by atoms with E-state index in [-0.39, 0.29) is 18.4 Å². The van der Waals surface area contributed by atoms with Gasteiger partial charge >= 0.3 is 6.03 Å². The molecule has 0 aliphatic carbocycles. The van der Waals surface area contributed by atoms with Crippen molar-refractivity contribution in [3.63, 3.8) is 0 Å². The fourth-order valence-electron chi connectivity index (χ4n) is 2.76. The Labute approximate surface area is 149 Å². The fourth-order valence-corrected chi connectivity index (χ4v) is 3.30. The maximum Gasteiger partial charge on any atom is 0.325 e. The first-order valence-electron chi connectivity index (χ1n) is 7.41. The van der Waals surface area contributed by atoms with Gasteiger partial charge in [0.25, 0.3) is 5.91 Å². The standard InChI is InChI=1S/C16H20IN3O3/c1-10(2)8-16(3)14(22)20(15(23)19-16)9-13(21)18-12-6-4-5-11(17)7-12/h4-7,10H,8-9H2,1-3H3,(H,18,21)(H,19,23). The lowest BCUT2D eigenvalue weighted by atomic mass is 9.91. The summed E-state index contributed by atoms with van der Waals surface area (Å²) < 4.78 is 0.986. The zero-order valence-corrected chi connectivity index (χ0v) is 15.5. The number of benzene rings is 1. The molecule has 1 saturated heterocycles. The van der Waals surface area contributed by atoms with E-state index in [9.17, 15) is 14.4 Å². The number of carbonyl (C=O) groups excluding carboxylic acids is 3. The van der Waals surface area contributed by atoms with E-state index in [1.54, 1.807) is 13.0 Å². The summed E-state index contributed by atoms with van der Waals surface area (Å²) in [5.41, 5.74) is -0.299. The molecule has 1 unspecified atom stereocenters. The quantitative estimate of drug-likeness (QED) is 0.558. The van der Waals surface area contributed by atoms with E-state index < -0.39 is 17.5 Å². The van der Waals surface area contributed by atoms with Crippen molar-refractivity contribution in [2.75, 3.05) is 11.9 Å². The first kappa shape index (κ1) is 17.7. The third-order valence-electron chi connectivity index (χ3n) is 3.57. The molecule has 6 nitrogen and oxygen atoms in total. The van der Waals surface area contributed by atoms with E-state index in [0.717, 1.165) is 8.47 Å². The van der Waals surface area contributed by atoms with Crippen molar-refractivity contribution in [2.45, 2.75) is 32.7 Å². The molecule has 0 aromatic heterocycles. The summed E-state index contributed by atoms with van der Waals surface area (Å²) in [5.74, 6) is -0.497. The molecule has 1 fully saturated rings. The van der Waals surface area contributed by atoms with E-state index in [0.29, 0.717) is 12.1 Å². The molecule has 0 bridgehead atoms. The van der Waals surface area contributed by atoms with Crippen LogP contribution in [-0.2, 0) is 9.59 Å². The third kappa shape index (κ3) is 4.21.